The van der Waals surface area contributed by atoms with E-state index in [1.165, 1.54) is 7.11 Å². The summed E-state index contributed by atoms with van der Waals surface area (Å²) in [7, 11) is 1.34. The minimum absolute atomic E-state index is 0.173. The highest BCUT2D eigenvalue weighted by molar-refractivity contribution is 6.30. The van der Waals surface area contributed by atoms with Crippen LogP contribution in [0.3, 0.4) is 0 Å². The zero-order valence-corrected chi connectivity index (χ0v) is 12.5. The van der Waals surface area contributed by atoms with E-state index in [1.807, 2.05) is 12.1 Å². The van der Waals surface area contributed by atoms with Crippen LogP contribution in [-0.2, 0) is 16.0 Å². The highest BCUT2D eigenvalue weighted by Crippen LogP contribution is 2.26. The van der Waals surface area contributed by atoms with E-state index in [-0.39, 0.29) is 6.04 Å². The number of carbonyl (C=O) groups is 2. The second-order valence-corrected chi connectivity index (χ2v) is 5.64. The molecule has 21 heavy (non-hydrogen) atoms. The molecule has 0 bridgehead atoms. The summed E-state index contributed by atoms with van der Waals surface area (Å²) in [5.74, 6) is -1.22. The Morgan fingerprint density at radius 1 is 1.38 bits per heavy atom. The topological polar surface area (TPSA) is 66.8 Å². The lowest BCUT2D eigenvalue weighted by molar-refractivity contribution is -0.144. The summed E-state index contributed by atoms with van der Waals surface area (Å²) in [6, 6.07) is 7.19. The number of aliphatic carboxylic acids is 1. The molecule has 2 unspecified atom stereocenters. The molecule has 6 heteroatoms. The maximum absolute atomic E-state index is 11.8. The van der Waals surface area contributed by atoms with Gasteiger partial charge in [-0.05, 0) is 37.0 Å². The second kappa shape index (κ2) is 6.80. The zero-order valence-electron chi connectivity index (χ0n) is 11.8. The lowest BCUT2D eigenvalue weighted by Gasteiger charge is -2.37. The number of rotatable bonds is 3. The van der Waals surface area contributed by atoms with E-state index in [9.17, 15) is 14.7 Å². The van der Waals surface area contributed by atoms with E-state index in [2.05, 4.69) is 0 Å². The maximum Gasteiger partial charge on any atom is 0.409 e. The number of likely N-dealkylation sites (tertiary alicyclic amines) is 1. The fraction of sp³-hybridized carbons (Fsp3) is 0.467. The van der Waals surface area contributed by atoms with Gasteiger partial charge in [-0.2, -0.15) is 0 Å². The number of benzene rings is 1. The fourth-order valence-electron chi connectivity index (χ4n) is 2.72. The molecular formula is C15H18ClNO4. The van der Waals surface area contributed by atoms with Crippen LogP contribution in [0.25, 0.3) is 0 Å². The second-order valence-electron chi connectivity index (χ2n) is 5.21. The van der Waals surface area contributed by atoms with Gasteiger partial charge in [-0.25, -0.2) is 4.79 Å². The molecule has 1 N–H and O–H groups in total. The van der Waals surface area contributed by atoms with E-state index in [0.29, 0.717) is 30.8 Å². The monoisotopic (exact) mass is 311 g/mol. The average molecular weight is 312 g/mol. The first kappa shape index (κ1) is 15.6. The molecule has 0 aliphatic carbocycles. The first-order chi connectivity index (χ1) is 10.0. The molecule has 1 saturated heterocycles. The molecule has 1 aromatic carbocycles. The normalized spacial score (nSPS) is 21.9. The van der Waals surface area contributed by atoms with Crippen molar-refractivity contribution in [3.8, 4) is 0 Å². The number of carbonyl (C=O) groups excluding carboxylic acids is 1. The summed E-state index contributed by atoms with van der Waals surface area (Å²) in [6.45, 7) is 0.405. The predicted octanol–water partition coefficient (Wildman–Crippen LogP) is 2.81. The molecule has 0 saturated carbocycles. The van der Waals surface area contributed by atoms with Gasteiger partial charge >= 0.3 is 12.1 Å². The average Bonchev–Trinajstić information content (AvgIpc) is 2.48. The summed E-state index contributed by atoms with van der Waals surface area (Å²) >= 11 is 5.86. The lowest BCUT2D eigenvalue weighted by Crippen LogP contribution is -2.48. The summed E-state index contributed by atoms with van der Waals surface area (Å²) in [4.78, 5) is 24.6. The Balaban J connectivity index is 2.14. The van der Waals surface area contributed by atoms with Gasteiger partial charge in [0.2, 0.25) is 0 Å². The van der Waals surface area contributed by atoms with Crippen LogP contribution in [-0.4, -0.2) is 41.8 Å². The number of hydrogen-bond acceptors (Lipinski definition) is 3. The minimum Gasteiger partial charge on any atom is -0.481 e. The van der Waals surface area contributed by atoms with Crippen LogP contribution in [0.2, 0.25) is 5.02 Å². The molecule has 1 aromatic rings. The third-order valence-corrected chi connectivity index (χ3v) is 4.11. The van der Waals surface area contributed by atoms with Crippen LogP contribution in [0.15, 0.2) is 24.3 Å². The van der Waals surface area contributed by atoms with Crippen LogP contribution in [0.1, 0.15) is 18.4 Å². The molecule has 2 atom stereocenters. The van der Waals surface area contributed by atoms with Crippen LogP contribution < -0.4 is 0 Å². The summed E-state index contributed by atoms with van der Waals surface area (Å²) in [6.07, 6.45) is 1.09. The van der Waals surface area contributed by atoms with Crippen LogP contribution in [0.4, 0.5) is 4.79 Å². The number of halogens is 1. The van der Waals surface area contributed by atoms with Gasteiger partial charge < -0.3 is 14.7 Å². The molecule has 2 rings (SSSR count). The number of carboxylic acid groups (broad SMARTS) is 1. The van der Waals surface area contributed by atoms with Gasteiger partial charge in [-0.3, -0.25) is 4.79 Å². The molecular weight excluding hydrogens is 294 g/mol. The van der Waals surface area contributed by atoms with E-state index in [0.717, 1.165) is 5.56 Å². The Bertz CT molecular complexity index is 517. The van der Waals surface area contributed by atoms with Crippen molar-refractivity contribution in [1.82, 2.24) is 4.90 Å². The number of piperidine rings is 1. The molecule has 0 aromatic heterocycles. The van der Waals surface area contributed by atoms with Gasteiger partial charge in [0.1, 0.15) is 0 Å². The molecule has 1 fully saturated rings. The smallest absolute Gasteiger partial charge is 0.409 e. The van der Waals surface area contributed by atoms with Crippen molar-refractivity contribution in [1.29, 1.82) is 0 Å². The van der Waals surface area contributed by atoms with Gasteiger partial charge in [0.15, 0.2) is 0 Å². The molecule has 1 aliphatic heterocycles. The zero-order chi connectivity index (χ0) is 15.4. The third-order valence-electron chi connectivity index (χ3n) is 3.86. The Labute approximate surface area is 128 Å². The largest absolute Gasteiger partial charge is 0.481 e. The van der Waals surface area contributed by atoms with Crippen molar-refractivity contribution in [3.05, 3.63) is 34.9 Å². The Morgan fingerprint density at radius 3 is 2.62 bits per heavy atom. The van der Waals surface area contributed by atoms with E-state index in [4.69, 9.17) is 16.3 Å². The molecule has 1 aliphatic rings. The lowest BCUT2D eigenvalue weighted by atomic mass is 9.88. The van der Waals surface area contributed by atoms with Crippen molar-refractivity contribution >= 4 is 23.7 Å². The summed E-state index contributed by atoms with van der Waals surface area (Å²) in [5, 5.41) is 9.84. The van der Waals surface area contributed by atoms with Crippen molar-refractivity contribution < 1.29 is 19.4 Å². The Hall–Kier alpha value is -1.75. The highest BCUT2D eigenvalue weighted by atomic mass is 35.5. The molecule has 1 heterocycles. The van der Waals surface area contributed by atoms with Gasteiger partial charge in [-0.15, -0.1) is 0 Å². The first-order valence-corrected chi connectivity index (χ1v) is 7.21. The molecule has 1 amide bonds. The summed E-state index contributed by atoms with van der Waals surface area (Å²) < 4.78 is 4.79. The minimum atomic E-state index is -0.805. The SMILES string of the molecule is COC(=O)N1CCC(C(=O)O)CC1Cc1ccc(Cl)cc1. The maximum atomic E-state index is 11.8. The van der Waals surface area contributed by atoms with Crippen molar-refractivity contribution in [2.75, 3.05) is 13.7 Å². The van der Waals surface area contributed by atoms with E-state index >= 15 is 0 Å². The quantitative estimate of drug-likeness (QED) is 0.932. The van der Waals surface area contributed by atoms with Gasteiger partial charge in [0.05, 0.1) is 13.0 Å². The number of hydrogen-bond donors (Lipinski definition) is 1. The standard InChI is InChI=1S/C15H18ClNO4/c1-21-15(20)17-7-6-11(14(18)19)9-13(17)8-10-2-4-12(16)5-3-10/h2-5,11,13H,6-9H2,1H3,(H,18,19). The van der Waals surface area contributed by atoms with Crippen molar-refractivity contribution in [2.24, 2.45) is 5.92 Å². The van der Waals surface area contributed by atoms with Crippen LogP contribution in [0.5, 0.6) is 0 Å². The van der Waals surface area contributed by atoms with Gasteiger partial charge in [-0.1, -0.05) is 23.7 Å². The highest BCUT2D eigenvalue weighted by Gasteiger charge is 2.35. The number of methoxy groups -OCH3 is 1. The first-order valence-electron chi connectivity index (χ1n) is 6.83. The third kappa shape index (κ3) is 3.88. The van der Waals surface area contributed by atoms with Crippen molar-refractivity contribution in [3.63, 3.8) is 0 Å². The Kier molecular flexibility index (Phi) is 5.07. The number of nitrogens with zero attached hydrogens (tertiary/aromatic N) is 1. The molecule has 114 valence electrons. The van der Waals surface area contributed by atoms with E-state index < -0.39 is 18.0 Å². The summed E-state index contributed by atoms with van der Waals surface area (Å²) in [5.41, 5.74) is 1.02. The predicted molar refractivity (Wildman–Crippen MR) is 78.4 cm³/mol. The van der Waals surface area contributed by atoms with Gasteiger partial charge in [0.25, 0.3) is 0 Å². The number of ether oxygens (including phenoxy) is 1. The molecule has 0 radical (unpaired) electrons. The van der Waals surface area contributed by atoms with E-state index in [1.54, 1.807) is 17.0 Å². The molecule has 0 spiro atoms. The van der Waals surface area contributed by atoms with Crippen LogP contribution >= 0.6 is 11.6 Å². The number of amides is 1. The van der Waals surface area contributed by atoms with Crippen molar-refractivity contribution in [2.45, 2.75) is 25.3 Å². The van der Waals surface area contributed by atoms with Gasteiger partial charge in [0, 0.05) is 17.6 Å². The molecule has 5 nitrogen and oxygen atoms in total. The fourth-order valence-corrected chi connectivity index (χ4v) is 2.84. The number of carboxylic acids is 1. The van der Waals surface area contributed by atoms with Crippen LogP contribution in [0, 0.1) is 5.92 Å². The Morgan fingerprint density at radius 2 is 2.05 bits per heavy atom.